The molecule has 0 bridgehead atoms. The Kier molecular flexibility index (Phi) is 6.83. The van der Waals surface area contributed by atoms with Gasteiger partial charge >= 0.3 is 0 Å². The lowest BCUT2D eigenvalue weighted by Crippen LogP contribution is -2.48. The predicted molar refractivity (Wildman–Crippen MR) is 88.1 cm³/mol. The first-order valence-corrected chi connectivity index (χ1v) is 9.13. The van der Waals surface area contributed by atoms with Gasteiger partial charge in [0.05, 0.1) is 0 Å². The molecule has 0 radical (unpaired) electrons. The first-order chi connectivity index (χ1) is 9.66. The fourth-order valence-electron chi connectivity index (χ4n) is 3.73. The van der Waals surface area contributed by atoms with Gasteiger partial charge in [-0.2, -0.15) is 0 Å². The molecule has 0 spiro atoms. The highest BCUT2D eigenvalue weighted by Crippen LogP contribution is 2.35. The van der Waals surface area contributed by atoms with E-state index in [1.165, 1.54) is 77.7 Å². The molecule has 0 aromatic rings. The number of piperazine rings is 1. The Morgan fingerprint density at radius 2 is 1.60 bits per heavy atom. The molecule has 2 aliphatic rings. The minimum Gasteiger partial charge on any atom is -0.301 e. The molecule has 1 saturated heterocycles. The zero-order chi connectivity index (χ0) is 14.4. The van der Waals surface area contributed by atoms with Crippen LogP contribution in [0.5, 0.6) is 0 Å². The van der Waals surface area contributed by atoms with Crippen molar-refractivity contribution in [2.45, 2.75) is 71.8 Å². The summed E-state index contributed by atoms with van der Waals surface area (Å²) >= 11 is 0. The first kappa shape index (κ1) is 16.3. The molecule has 2 nitrogen and oxygen atoms in total. The molecule has 1 atom stereocenters. The van der Waals surface area contributed by atoms with Crippen molar-refractivity contribution < 1.29 is 0 Å². The van der Waals surface area contributed by atoms with Crippen molar-refractivity contribution in [1.29, 1.82) is 0 Å². The average Bonchev–Trinajstić information content (AvgIpc) is 2.37. The second-order valence-electron chi connectivity index (χ2n) is 7.49. The van der Waals surface area contributed by atoms with E-state index in [0.717, 1.165) is 17.9 Å². The Balaban J connectivity index is 1.45. The molecule has 1 saturated carbocycles. The van der Waals surface area contributed by atoms with Gasteiger partial charge in [0.15, 0.2) is 0 Å². The topological polar surface area (TPSA) is 6.48 Å². The van der Waals surface area contributed by atoms with E-state index in [-0.39, 0.29) is 0 Å². The maximum absolute atomic E-state index is 2.67. The summed E-state index contributed by atoms with van der Waals surface area (Å²) in [6.45, 7) is 13.6. The van der Waals surface area contributed by atoms with E-state index < -0.39 is 0 Å². The molecule has 0 N–H and O–H groups in total. The van der Waals surface area contributed by atoms with Gasteiger partial charge in [-0.15, -0.1) is 0 Å². The second kappa shape index (κ2) is 8.38. The van der Waals surface area contributed by atoms with E-state index in [2.05, 4.69) is 30.6 Å². The van der Waals surface area contributed by atoms with Crippen LogP contribution in [-0.2, 0) is 0 Å². The predicted octanol–water partition coefficient (Wildman–Crippen LogP) is 4.01. The summed E-state index contributed by atoms with van der Waals surface area (Å²) in [5.41, 5.74) is 0. The van der Waals surface area contributed by atoms with Gasteiger partial charge in [-0.3, -0.25) is 4.90 Å². The van der Waals surface area contributed by atoms with E-state index in [0.29, 0.717) is 0 Å². The van der Waals surface area contributed by atoms with Gasteiger partial charge < -0.3 is 4.90 Å². The number of nitrogens with zero attached hydrogens (tertiary/aromatic N) is 2. The molecule has 1 unspecified atom stereocenters. The lowest BCUT2D eigenvalue weighted by molar-refractivity contribution is 0.107. The lowest BCUT2D eigenvalue weighted by atomic mass is 9.75. The summed E-state index contributed by atoms with van der Waals surface area (Å²) in [5, 5.41) is 0. The van der Waals surface area contributed by atoms with Crippen molar-refractivity contribution in [3.8, 4) is 0 Å². The van der Waals surface area contributed by atoms with E-state index >= 15 is 0 Å². The van der Waals surface area contributed by atoms with E-state index in [9.17, 15) is 0 Å². The van der Waals surface area contributed by atoms with Crippen LogP contribution >= 0.6 is 0 Å². The maximum Gasteiger partial charge on any atom is 0.0113 e. The van der Waals surface area contributed by atoms with E-state index in [1.54, 1.807) is 0 Å². The van der Waals surface area contributed by atoms with Gasteiger partial charge in [0, 0.05) is 32.2 Å². The van der Waals surface area contributed by atoms with Crippen molar-refractivity contribution in [2.75, 3.05) is 32.7 Å². The van der Waals surface area contributed by atoms with Crippen LogP contribution in [0.1, 0.15) is 65.7 Å². The highest BCUT2D eigenvalue weighted by molar-refractivity contribution is 4.76. The highest BCUT2D eigenvalue weighted by Gasteiger charge is 2.23. The highest BCUT2D eigenvalue weighted by atomic mass is 15.3. The molecule has 1 aliphatic heterocycles. The van der Waals surface area contributed by atoms with Crippen molar-refractivity contribution in [2.24, 2.45) is 11.8 Å². The first-order valence-electron chi connectivity index (χ1n) is 9.13. The third-order valence-corrected chi connectivity index (χ3v) is 5.73. The monoisotopic (exact) mass is 280 g/mol. The van der Waals surface area contributed by atoms with Crippen LogP contribution in [0.3, 0.4) is 0 Å². The second-order valence-corrected chi connectivity index (χ2v) is 7.49. The summed E-state index contributed by atoms with van der Waals surface area (Å²) in [6.07, 6.45) is 10.3. The zero-order valence-corrected chi connectivity index (χ0v) is 14.1. The molecule has 2 rings (SSSR count). The fraction of sp³-hybridized carbons (Fsp3) is 1.00. The van der Waals surface area contributed by atoms with Crippen LogP contribution in [0.2, 0.25) is 0 Å². The van der Waals surface area contributed by atoms with E-state index in [4.69, 9.17) is 0 Å². The molecule has 0 aromatic heterocycles. The molecule has 1 aliphatic carbocycles. The summed E-state index contributed by atoms with van der Waals surface area (Å²) in [4.78, 5) is 5.28. The molecular weight excluding hydrogens is 244 g/mol. The van der Waals surface area contributed by atoms with Crippen molar-refractivity contribution in [3.63, 3.8) is 0 Å². The molecule has 118 valence electrons. The smallest absolute Gasteiger partial charge is 0.0113 e. The normalized spacial score (nSPS) is 24.0. The number of rotatable bonds is 8. The van der Waals surface area contributed by atoms with Crippen LogP contribution in [0, 0.1) is 11.8 Å². The molecule has 0 amide bonds. The molecule has 2 fully saturated rings. The Labute approximate surface area is 126 Å². The Morgan fingerprint density at radius 1 is 0.900 bits per heavy atom. The third-order valence-electron chi connectivity index (χ3n) is 5.73. The number of unbranched alkanes of at least 4 members (excludes halogenated alkanes) is 2. The van der Waals surface area contributed by atoms with Gasteiger partial charge in [0.1, 0.15) is 0 Å². The molecule has 2 heteroatoms. The maximum atomic E-state index is 2.67. The Hall–Kier alpha value is -0.0800. The van der Waals surface area contributed by atoms with Gasteiger partial charge in [-0.05, 0) is 38.6 Å². The lowest BCUT2D eigenvalue weighted by Gasteiger charge is -2.37. The molecule has 0 aromatic carbocycles. The summed E-state index contributed by atoms with van der Waals surface area (Å²) in [5.74, 6) is 2.08. The number of hydrogen-bond acceptors (Lipinski definition) is 2. The molecular formula is C18H36N2. The minimum absolute atomic E-state index is 0.727. The summed E-state index contributed by atoms with van der Waals surface area (Å²) < 4.78 is 0. The van der Waals surface area contributed by atoms with E-state index in [1.807, 2.05) is 0 Å². The Bertz CT molecular complexity index is 252. The van der Waals surface area contributed by atoms with Crippen LogP contribution in [0.4, 0.5) is 0 Å². The van der Waals surface area contributed by atoms with Crippen LogP contribution in [-0.4, -0.2) is 48.6 Å². The van der Waals surface area contributed by atoms with Gasteiger partial charge in [0.25, 0.3) is 0 Å². The zero-order valence-electron chi connectivity index (χ0n) is 14.1. The van der Waals surface area contributed by atoms with Crippen molar-refractivity contribution in [3.05, 3.63) is 0 Å². The summed E-state index contributed by atoms with van der Waals surface area (Å²) in [7, 11) is 0. The third kappa shape index (κ3) is 5.04. The summed E-state index contributed by atoms with van der Waals surface area (Å²) in [6, 6.07) is 0.727. The van der Waals surface area contributed by atoms with Gasteiger partial charge in [-0.1, -0.05) is 45.4 Å². The molecule has 1 heterocycles. The Morgan fingerprint density at radius 3 is 2.15 bits per heavy atom. The fourth-order valence-corrected chi connectivity index (χ4v) is 3.73. The van der Waals surface area contributed by atoms with Crippen LogP contribution in [0.25, 0.3) is 0 Å². The minimum atomic E-state index is 0.727. The number of hydrogen-bond donors (Lipinski definition) is 0. The van der Waals surface area contributed by atoms with Gasteiger partial charge in [-0.25, -0.2) is 0 Å². The van der Waals surface area contributed by atoms with Crippen molar-refractivity contribution in [1.82, 2.24) is 9.80 Å². The van der Waals surface area contributed by atoms with Crippen LogP contribution in [0.15, 0.2) is 0 Å². The SMILES string of the molecule is CC(CCCCCN1CCN(C(C)C)CC1)C1CCC1. The average molecular weight is 281 g/mol. The van der Waals surface area contributed by atoms with Crippen LogP contribution < -0.4 is 0 Å². The standard InChI is InChI=1S/C18H36N2/c1-16(2)20-14-12-19(13-15-20)11-6-4-5-8-17(3)18-9-7-10-18/h16-18H,4-15H2,1-3H3. The molecule has 20 heavy (non-hydrogen) atoms. The van der Waals surface area contributed by atoms with Gasteiger partial charge in [0.2, 0.25) is 0 Å². The van der Waals surface area contributed by atoms with Crippen molar-refractivity contribution >= 4 is 0 Å². The quantitative estimate of drug-likeness (QED) is 0.620. The largest absolute Gasteiger partial charge is 0.301 e.